The normalized spacial score (nSPS) is 11.4. The molecule has 5 nitrogen and oxygen atoms in total. The molecule has 0 unspecified atom stereocenters. The monoisotopic (exact) mass is 731 g/mol. The molecule has 11 aromatic rings. The van der Waals surface area contributed by atoms with Crippen molar-refractivity contribution in [2.24, 2.45) is 0 Å². The lowest BCUT2D eigenvalue weighted by Crippen LogP contribution is -2.02. The molecule has 0 saturated heterocycles. The van der Waals surface area contributed by atoms with Gasteiger partial charge in [0, 0.05) is 49.5 Å². The van der Waals surface area contributed by atoms with Crippen molar-refractivity contribution in [1.82, 2.24) is 24.1 Å². The number of nitrogens with zero attached hydrogens (tertiary/aromatic N) is 5. The summed E-state index contributed by atoms with van der Waals surface area (Å²) in [4.78, 5) is 15.2. The largest absolute Gasteiger partial charge is 0.309 e. The lowest BCUT2D eigenvalue weighted by Gasteiger charge is -2.17. The summed E-state index contributed by atoms with van der Waals surface area (Å²) >= 11 is 0. The second-order valence-electron chi connectivity index (χ2n) is 14.1. The number of aromatic nitrogens is 5. The summed E-state index contributed by atoms with van der Waals surface area (Å²) in [5, 5.41) is 4.89. The van der Waals surface area contributed by atoms with Crippen LogP contribution < -0.4 is 0 Å². The second kappa shape index (κ2) is 13.9. The van der Waals surface area contributed by atoms with Crippen LogP contribution in [0.15, 0.2) is 200 Å². The maximum atomic E-state index is 5.12. The molecule has 0 bridgehead atoms. The molecule has 0 saturated carbocycles. The van der Waals surface area contributed by atoms with Crippen LogP contribution in [-0.2, 0) is 0 Å². The van der Waals surface area contributed by atoms with Crippen LogP contribution in [0.4, 0.5) is 0 Å². The van der Waals surface area contributed by atoms with Crippen LogP contribution in [0, 0.1) is 0 Å². The third-order valence-corrected chi connectivity index (χ3v) is 10.8. The third kappa shape index (κ3) is 5.68. The Morgan fingerprint density at radius 3 is 1.19 bits per heavy atom. The molecule has 0 atom stereocenters. The highest BCUT2D eigenvalue weighted by molar-refractivity contribution is 6.10. The minimum absolute atomic E-state index is 0. The van der Waals surface area contributed by atoms with Crippen molar-refractivity contribution in [3.63, 3.8) is 0 Å². The van der Waals surface area contributed by atoms with E-state index in [0.717, 1.165) is 50.2 Å². The second-order valence-corrected chi connectivity index (χ2v) is 14.1. The van der Waals surface area contributed by atoms with Crippen LogP contribution in [0.25, 0.3) is 100 Å². The number of hydrogen-bond acceptors (Lipinski definition) is 3. The van der Waals surface area contributed by atoms with E-state index < -0.39 is 0 Å². The zero-order chi connectivity index (χ0) is 37.0. The van der Waals surface area contributed by atoms with Gasteiger partial charge in [0.15, 0.2) is 17.5 Å². The van der Waals surface area contributed by atoms with E-state index in [4.69, 9.17) is 15.0 Å². The predicted octanol–water partition coefficient (Wildman–Crippen LogP) is 13.4. The van der Waals surface area contributed by atoms with Crippen molar-refractivity contribution in [3.05, 3.63) is 200 Å². The molecule has 57 heavy (non-hydrogen) atoms. The molecule has 0 aliphatic heterocycles. The van der Waals surface area contributed by atoms with Gasteiger partial charge in [-0.15, -0.1) is 0 Å². The lowest BCUT2D eigenvalue weighted by molar-refractivity contribution is 1.07. The fourth-order valence-electron chi connectivity index (χ4n) is 8.23. The molecule has 0 aliphatic rings. The van der Waals surface area contributed by atoms with Crippen molar-refractivity contribution < 1.29 is 0 Å². The molecular weight excluding hydrogens is 695 g/mol. The van der Waals surface area contributed by atoms with Gasteiger partial charge in [-0.1, -0.05) is 165 Å². The first-order chi connectivity index (χ1) is 27.8. The van der Waals surface area contributed by atoms with Gasteiger partial charge in [-0.25, -0.2) is 15.0 Å². The fraction of sp³-hybridized carbons (Fsp3) is 0.0192. The number of hydrogen-bond donors (Lipinski definition) is 0. The van der Waals surface area contributed by atoms with Gasteiger partial charge >= 0.3 is 0 Å². The van der Waals surface area contributed by atoms with E-state index in [2.05, 4.69) is 149 Å². The molecular formula is C52H37N5. The molecule has 8 aromatic carbocycles. The summed E-state index contributed by atoms with van der Waals surface area (Å²) in [6.45, 7) is 0. The smallest absolute Gasteiger partial charge is 0.164 e. The van der Waals surface area contributed by atoms with Crippen LogP contribution in [0.5, 0.6) is 0 Å². The summed E-state index contributed by atoms with van der Waals surface area (Å²) in [5.41, 5.74) is 11.8. The Balaban J connectivity index is 0.00000396. The highest BCUT2D eigenvalue weighted by atomic mass is 15.0. The number of fused-ring (bicyclic) bond motifs is 6. The van der Waals surface area contributed by atoms with Gasteiger partial charge in [-0.2, -0.15) is 0 Å². The van der Waals surface area contributed by atoms with Gasteiger partial charge in [-0.3, -0.25) is 0 Å². The maximum Gasteiger partial charge on any atom is 0.164 e. The average Bonchev–Trinajstić information content (AvgIpc) is 3.80. The number of rotatable bonds is 6. The van der Waals surface area contributed by atoms with Crippen LogP contribution in [0.2, 0.25) is 0 Å². The molecule has 0 N–H and O–H groups in total. The topological polar surface area (TPSA) is 48.5 Å². The van der Waals surface area contributed by atoms with Crippen molar-refractivity contribution in [3.8, 4) is 56.7 Å². The highest BCUT2D eigenvalue weighted by Crippen LogP contribution is 2.40. The molecule has 3 heterocycles. The molecule has 0 amide bonds. The van der Waals surface area contributed by atoms with Crippen molar-refractivity contribution >= 4 is 43.6 Å². The molecule has 270 valence electrons. The Kier molecular flexibility index (Phi) is 8.27. The number of para-hydroxylation sites is 4. The van der Waals surface area contributed by atoms with Crippen LogP contribution in [-0.4, -0.2) is 24.1 Å². The summed E-state index contributed by atoms with van der Waals surface area (Å²) in [5.74, 6) is 1.89. The van der Waals surface area contributed by atoms with Crippen molar-refractivity contribution in [2.45, 2.75) is 7.43 Å². The Morgan fingerprint density at radius 2 is 0.702 bits per heavy atom. The molecule has 0 spiro atoms. The van der Waals surface area contributed by atoms with E-state index in [1.165, 1.54) is 32.6 Å². The standard InChI is InChI=1S/C51H33N5.CH4/c1-3-16-34(17-4-1)49-52-50(35-18-5-2-6-19-35)54-51(53-49)37-30-31-39(48(33-37)56-46-28-13-9-24-42(46)43-25-10-14-29-47(43)56)36-20-15-21-38(32-36)55-44-26-11-7-22-40(44)41-23-8-12-27-45(41)55;/h1-33H;1H4. The Labute approximate surface area is 330 Å². The summed E-state index contributed by atoms with van der Waals surface area (Å²) in [6.07, 6.45) is 0. The van der Waals surface area contributed by atoms with E-state index in [9.17, 15) is 0 Å². The zero-order valence-corrected chi connectivity index (χ0v) is 30.3. The number of benzene rings is 8. The first-order valence-electron chi connectivity index (χ1n) is 18.9. The molecule has 3 aromatic heterocycles. The first kappa shape index (κ1) is 33.9. The minimum atomic E-state index is 0. The summed E-state index contributed by atoms with van der Waals surface area (Å²) in [6, 6.07) is 70.5. The molecule has 0 radical (unpaired) electrons. The van der Waals surface area contributed by atoms with Gasteiger partial charge in [0.25, 0.3) is 0 Å². The average molecular weight is 732 g/mol. The zero-order valence-electron chi connectivity index (χ0n) is 30.3. The van der Waals surface area contributed by atoms with Crippen LogP contribution >= 0.6 is 0 Å². The van der Waals surface area contributed by atoms with Gasteiger partial charge in [0.1, 0.15) is 0 Å². The van der Waals surface area contributed by atoms with Gasteiger partial charge in [-0.05, 0) is 48.0 Å². The molecule has 0 aliphatic carbocycles. The quantitative estimate of drug-likeness (QED) is 0.171. The van der Waals surface area contributed by atoms with Gasteiger partial charge in [0.2, 0.25) is 0 Å². The molecule has 5 heteroatoms. The van der Waals surface area contributed by atoms with E-state index >= 15 is 0 Å². The Bertz CT molecular complexity index is 3090. The van der Waals surface area contributed by atoms with E-state index in [1.807, 2.05) is 60.7 Å². The Hall–Kier alpha value is -7.63. The van der Waals surface area contributed by atoms with Crippen molar-refractivity contribution in [1.29, 1.82) is 0 Å². The van der Waals surface area contributed by atoms with Gasteiger partial charge < -0.3 is 9.13 Å². The summed E-state index contributed by atoms with van der Waals surface area (Å²) in [7, 11) is 0. The predicted molar refractivity (Wildman–Crippen MR) is 237 cm³/mol. The molecule has 0 fully saturated rings. The van der Waals surface area contributed by atoms with Crippen LogP contribution in [0.3, 0.4) is 0 Å². The minimum Gasteiger partial charge on any atom is -0.309 e. The van der Waals surface area contributed by atoms with Crippen LogP contribution in [0.1, 0.15) is 7.43 Å². The van der Waals surface area contributed by atoms with Crippen molar-refractivity contribution in [2.75, 3.05) is 0 Å². The fourth-order valence-corrected chi connectivity index (χ4v) is 8.23. The first-order valence-corrected chi connectivity index (χ1v) is 18.9. The van der Waals surface area contributed by atoms with E-state index in [0.29, 0.717) is 17.5 Å². The SMILES string of the molecule is C.c1ccc(-c2nc(-c3ccccc3)nc(-c3ccc(-c4cccc(-n5c6ccccc6c6ccccc65)c4)c(-n4c5ccccc5c5ccccc54)c3)n2)cc1. The highest BCUT2D eigenvalue weighted by Gasteiger charge is 2.20. The Morgan fingerprint density at radius 1 is 0.298 bits per heavy atom. The lowest BCUT2D eigenvalue weighted by atomic mass is 9.99. The van der Waals surface area contributed by atoms with E-state index in [1.54, 1.807) is 0 Å². The molecule has 11 rings (SSSR count). The summed E-state index contributed by atoms with van der Waals surface area (Å²) < 4.78 is 4.78. The third-order valence-electron chi connectivity index (χ3n) is 10.8. The van der Waals surface area contributed by atoms with E-state index in [-0.39, 0.29) is 7.43 Å². The maximum absolute atomic E-state index is 5.12. The van der Waals surface area contributed by atoms with Gasteiger partial charge in [0.05, 0.1) is 27.8 Å².